The Morgan fingerprint density at radius 1 is 1.62 bits per heavy atom. The Morgan fingerprint density at radius 3 is 3.19 bits per heavy atom. The van der Waals surface area contributed by atoms with Gasteiger partial charge in [0.05, 0.1) is 17.9 Å². The zero-order valence-electron chi connectivity index (χ0n) is 7.99. The van der Waals surface area contributed by atoms with E-state index in [0.29, 0.717) is 17.3 Å². The largest absolute Gasteiger partial charge is 0.481 e. The third-order valence-electron chi connectivity index (χ3n) is 1.59. The van der Waals surface area contributed by atoms with Crippen molar-refractivity contribution >= 4 is 29.1 Å². The summed E-state index contributed by atoms with van der Waals surface area (Å²) in [7, 11) is 0. The summed E-state index contributed by atoms with van der Waals surface area (Å²) in [5, 5.41) is 14.0. The predicted octanol–water partition coefficient (Wildman–Crippen LogP) is 1.45. The van der Waals surface area contributed by atoms with Crippen LogP contribution in [0, 0.1) is 0 Å². The molecule has 0 atom stereocenters. The van der Waals surface area contributed by atoms with E-state index in [0.717, 1.165) is 4.34 Å². The molecule has 1 N–H and O–H groups in total. The van der Waals surface area contributed by atoms with Gasteiger partial charge in [0.2, 0.25) is 6.39 Å². The SMILES string of the molecule is O=C(O)Cc1csc(SCc2ncon2)n1. The topological polar surface area (TPSA) is 89.1 Å². The molecule has 16 heavy (non-hydrogen) atoms. The van der Waals surface area contributed by atoms with Gasteiger partial charge in [0.15, 0.2) is 10.2 Å². The Hall–Kier alpha value is -1.41. The number of rotatable bonds is 5. The highest BCUT2D eigenvalue weighted by atomic mass is 32.2. The Kier molecular flexibility index (Phi) is 3.52. The van der Waals surface area contributed by atoms with E-state index >= 15 is 0 Å². The lowest BCUT2D eigenvalue weighted by Gasteiger charge is -1.91. The molecular formula is C8H7N3O3S2. The van der Waals surface area contributed by atoms with Crippen molar-refractivity contribution in [2.45, 2.75) is 16.5 Å². The molecule has 0 aromatic carbocycles. The minimum absolute atomic E-state index is 0.0424. The van der Waals surface area contributed by atoms with Crippen molar-refractivity contribution in [1.82, 2.24) is 15.1 Å². The van der Waals surface area contributed by atoms with Crippen molar-refractivity contribution < 1.29 is 14.4 Å². The van der Waals surface area contributed by atoms with Gasteiger partial charge in [0, 0.05) is 5.38 Å². The van der Waals surface area contributed by atoms with Crippen LogP contribution in [0.15, 0.2) is 20.6 Å². The second kappa shape index (κ2) is 5.08. The summed E-state index contributed by atoms with van der Waals surface area (Å²) < 4.78 is 5.40. The van der Waals surface area contributed by atoms with E-state index in [-0.39, 0.29) is 6.42 Å². The highest BCUT2D eigenvalue weighted by Gasteiger charge is 2.07. The van der Waals surface area contributed by atoms with Gasteiger partial charge >= 0.3 is 5.97 Å². The number of aromatic nitrogens is 3. The van der Waals surface area contributed by atoms with Crippen LogP contribution in [0.2, 0.25) is 0 Å². The summed E-state index contributed by atoms with van der Waals surface area (Å²) in [6.07, 6.45) is 1.23. The van der Waals surface area contributed by atoms with Gasteiger partial charge in [-0.1, -0.05) is 16.9 Å². The van der Waals surface area contributed by atoms with Crippen molar-refractivity contribution in [3.8, 4) is 0 Å². The molecule has 0 saturated carbocycles. The molecule has 0 aliphatic carbocycles. The third kappa shape index (κ3) is 3.04. The predicted molar refractivity (Wildman–Crippen MR) is 57.3 cm³/mol. The Balaban J connectivity index is 1.90. The van der Waals surface area contributed by atoms with Gasteiger partial charge in [-0.2, -0.15) is 4.98 Å². The van der Waals surface area contributed by atoms with E-state index < -0.39 is 5.97 Å². The van der Waals surface area contributed by atoms with Crippen LogP contribution in [0.3, 0.4) is 0 Å². The third-order valence-corrected chi connectivity index (χ3v) is 3.66. The maximum absolute atomic E-state index is 10.4. The standard InChI is InChI=1S/C8H7N3O3S2/c12-7(13)1-5-2-15-8(10-5)16-3-6-9-4-14-11-6/h2,4H,1,3H2,(H,12,13). The first-order valence-electron chi connectivity index (χ1n) is 4.28. The van der Waals surface area contributed by atoms with Crippen molar-refractivity contribution in [2.24, 2.45) is 0 Å². The van der Waals surface area contributed by atoms with Gasteiger partial charge < -0.3 is 9.63 Å². The molecule has 0 aliphatic heterocycles. The first-order chi connectivity index (χ1) is 7.74. The summed E-state index contributed by atoms with van der Waals surface area (Å²) in [6.45, 7) is 0. The average molecular weight is 257 g/mol. The quantitative estimate of drug-likeness (QED) is 0.810. The Labute approximate surface area is 98.7 Å². The lowest BCUT2D eigenvalue weighted by Crippen LogP contribution is -1.99. The minimum atomic E-state index is -0.875. The molecule has 2 heterocycles. The minimum Gasteiger partial charge on any atom is -0.481 e. The molecule has 0 fully saturated rings. The lowest BCUT2D eigenvalue weighted by atomic mass is 10.3. The number of carboxylic acid groups (broad SMARTS) is 1. The van der Waals surface area contributed by atoms with Crippen LogP contribution in [0.4, 0.5) is 0 Å². The molecule has 0 spiro atoms. The van der Waals surface area contributed by atoms with Gasteiger partial charge in [0.1, 0.15) is 0 Å². The molecule has 6 nitrogen and oxygen atoms in total. The molecule has 0 amide bonds. The summed E-state index contributed by atoms with van der Waals surface area (Å²) in [5.74, 6) is 0.288. The fourth-order valence-corrected chi connectivity index (χ4v) is 2.67. The van der Waals surface area contributed by atoms with E-state index in [9.17, 15) is 4.79 Å². The molecule has 2 aromatic rings. The molecule has 0 saturated heterocycles. The van der Waals surface area contributed by atoms with Gasteiger partial charge in [-0.3, -0.25) is 4.79 Å². The summed E-state index contributed by atoms with van der Waals surface area (Å²) in [6, 6.07) is 0. The zero-order valence-corrected chi connectivity index (χ0v) is 9.62. The van der Waals surface area contributed by atoms with Crippen LogP contribution in [-0.2, 0) is 17.0 Å². The Bertz CT molecular complexity index is 469. The molecule has 8 heteroatoms. The van der Waals surface area contributed by atoms with Crippen LogP contribution < -0.4 is 0 Å². The maximum Gasteiger partial charge on any atom is 0.309 e. The molecule has 84 valence electrons. The molecule has 0 bridgehead atoms. The number of carboxylic acids is 1. The molecule has 0 aliphatic rings. The zero-order chi connectivity index (χ0) is 11.4. The van der Waals surface area contributed by atoms with Gasteiger partial charge in [-0.05, 0) is 0 Å². The number of aliphatic carboxylic acids is 1. The lowest BCUT2D eigenvalue weighted by molar-refractivity contribution is -0.136. The van der Waals surface area contributed by atoms with Crippen LogP contribution in [-0.4, -0.2) is 26.2 Å². The fourth-order valence-electron chi connectivity index (χ4n) is 0.973. The van der Waals surface area contributed by atoms with E-state index in [2.05, 4.69) is 19.6 Å². The highest BCUT2D eigenvalue weighted by molar-refractivity contribution is 8.00. The number of hydrogen-bond donors (Lipinski definition) is 1. The number of carbonyl (C=O) groups is 1. The van der Waals surface area contributed by atoms with E-state index in [1.54, 1.807) is 5.38 Å². The van der Waals surface area contributed by atoms with Crippen LogP contribution in [0.1, 0.15) is 11.5 Å². The summed E-state index contributed by atoms with van der Waals surface area (Å²) in [5.41, 5.74) is 0.577. The van der Waals surface area contributed by atoms with Gasteiger partial charge in [-0.15, -0.1) is 11.3 Å². The highest BCUT2D eigenvalue weighted by Crippen LogP contribution is 2.25. The molecular weight excluding hydrogens is 250 g/mol. The Morgan fingerprint density at radius 2 is 2.50 bits per heavy atom. The second-order valence-electron chi connectivity index (χ2n) is 2.81. The molecule has 2 rings (SSSR count). The number of hydrogen-bond acceptors (Lipinski definition) is 7. The first kappa shape index (κ1) is 11.1. The number of thioether (sulfide) groups is 1. The van der Waals surface area contributed by atoms with Crippen molar-refractivity contribution in [2.75, 3.05) is 0 Å². The summed E-state index contributed by atoms with van der Waals surface area (Å²) >= 11 is 2.87. The van der Waals surface area contributed by atoms with Crippen molar-refractivity contribution in [3.05, 3.63) is 23.3 Å². The van der Waals surface area contributed by atoms with E-state index in [1.165, 1.54) is 29.5 Å². The van der Waals surface area contributed by atoms with Gasteiger partial charge in [-0.25, -0.2) is 4.98 Å². The molecule has 0 unspecified atom stereocenters. The average Bonchev–Trinajstić information content (AvgIpc) is 2.84. The van der Waals surface area contributed by atoms with E-state index in [1.807, 2.05) is 0 Å². The second-order valence-corrected chi connectivity index (χ2v) is 4.89. The normalized spacial score (nSPS) is 10.5. The molecule has 2 aromatic heterocycles. The van der Waals surface area contributed by atoms with Crippen LogP contribution in [0.5, 0.6) is 0 Å². The van der Waals surface area contributed by atoms with Crippen molar-refractivity contribution in [3.63, 3.8) is 0 Å². The summed E-state index contributed by atoms with van der Waals surface area (Å²) in [4.78, 5) is 18.5. The monoisotopic (exact) mass is 257 g/mol. The fraction of sp³-hybridized carbons (Fsp3) is 0.250. The van der Waals surface area contributed by atoms with Crippen LogP contribution in [0.25, 0.3) is 0 Å². The van der Waals surface area contributed by atoms with Gasteiger partial charge in [0.25, 0.3) is 0 Å². The smallest absolute Gasteiger partial charge is 0.309 e. The number of nitrogens with zero attached hydrogens (tertiary/aromatic N) is 3. The molecule has 0 radical (unpaired) electrons. The van der Waals surface area contributed by atoms with E-state index in [4.69, 9.17) is 5.11 Å². The van der Waals surface area contributed by atoms with Crippen molar-refractivity contribution in [1.29, 1.82) is 0 Å². The maximum atomic E-state index is 10.4. The first-order valence-corrected chi connectivity index (χ1v) is 6.15. The number of thiazole rings is 1. The van der Waals surface area contributed by atoms with Crippen LogP contribution >= 0.6 is 23.1 Å².